The van der Waals surface area contributed by atoms with E-state index in [4.69, 9.17) is 5.84 Å². The summed E-state index contributed by atoms with van der Waals surface area (Å²) in [6.07, 6.45) is 0. The van der Waals surface area contributed by atoms with E-state index >= 15 is 0 Å². The number of rotatable bonds is 1. The lowest BCUT2D eigenvalue weighted by atomic mass is 10.2. The SMILES string of the molecule is Cc1nc2ccc(C(=O)N(C)N)cc2[nH]1. The monoisotopic (exact) mass is 204 g/mol. The molecule has 0 spiro atoms. The molecule has 0 saturated heterocycles. The number of nitrogens with zero attached hydrogens (tertiary/aromatic N) is 2. The van der Waals surface area contributed by atoms with Crippen LogP contribution in [0, 0.1) is 6.92 Å². The quantitative estimate of drug-likeness (QED) is 0.410. The van der Waals surface area contributed by atoms with Gasteiger partial charge in [-0.25, -0.2) is 10.8 Å². The molecule has 0 saturated carbocycles. The van der Waals surface area contributed by atoms with Crippen molar-refractivity contribution in [1.29, 1.82) is 0 Å². The van der Waals surface area contributed by atoms with Crippen LogP contribution in [0.15, 0.2) is 18.2 Å². The Morgan fingerprint density at radius 3 is 2.93 bits per heavy atom. The lowest BCUT2D eigenvalue weighted by molar-refractivity contribution is 0.0795. The summed E-state index contributed by atoms with van der Waals surface area (Å²) in [7, 11) is 1.52. The topological polar surface area (TPSA) is 75.0 Å². The van der Waals surface area contributed by atoms with E-state index in [1.54, 1.807) is 18.2 Å². The summed E-state index contributed by atoms with van der Waals surface area (Å²) in [6.45, 7) is 1.87. The first kappa shape index (κ1) is 9.67. The Morgan fingerprint density at radius 2 is 2.27 bits per heavy atom. The zero-order valence-corrected chi connectivity index (χ0v) is 8.61. The maximum absolute atomic E-state index is 11.6. The minimum absolute atomic E-state index is 0.218. The number of fused-ring (bicyclic) bond motifs is 1. The van der Waals surface area contributed by atoms with Crippen LogP contribution in [0.5, 0.6) is 0 Å². The van der Waals surface area contributed by atoms with Crippen LogP contribution in [0.2, 0.25) is 0 Å². The van der Waals surface area contributed by atoms with Gasteiger partial charge in [0, 0.05) is 12.6 Å². The molecule has 1 amide bonds. The van der Waals surface area contributed by atoms with Crippen molar-refractivity contribution in [2.45, 2.75) is 6.92 Å². The lowest BCUT2D eigenvalue weighted by Crippen LogP contribution is -2.32. The highest BCUT2D eigenvalue weighted by Gasteiger charge is 2.09. The number of imidazole rings is 1. The van der Waals surface area contributed by atoms with Gasteiger partial charge in [0.1, 0.15) is 5.82 Å². The number of carbonyl (C=O) groups excluding carboxylic acids is 1. The van der Waals surface area contributed by atoms with Crippen LogP contribution in [0.1, 0.15) is 16.2 Å². The van der Waals surface area contributed by atoms with Gasteiger partial charge in [-0.05, 0) is 25.1 Å². The minimum Gasteiger partial charge on any atom is -0.342 e. The van der Waals surface area contributed by atoms with Crippen LogP contribution < -0.4 is 5.84 Å². The van der Waals surface area contributed by atoms with Gasteiger partial charge in [0.25, 0.3) is 5.91 Å². The Hall–Kier alpha value is -1.88. The highest BCUT2D eigenvalue weighted by atomic mass is 16.2. The van der Waals surface area contributed by atoms with E-state index in [1.807, 2.05) is 6.92 Å². The standard InChI is InChI=1S/C10H12N4O/c1-6-12-8-4-3-7(5-9(8)13-6)10(15)14(2)11/h3-5H,11H2,1-2H3,(H,12,13). The average molecular weight is 204 g/mol. The third kappa shape index (κ3) is 1.69. The van der Waals surface area contributed by atoms with Crippen LogP contribution in [0.4, 0.5) is 0 Å². The summed E-state index contributed by atoms with van der Waals surface area (Å²) in [4.78, 5) is 18.9. The number of benzene rings is 1. The Bertz CT molecular complexity index is 515. The molecule has 0 aliphatic rings. The number of hydrogen-bond donors (Lipinski definition) is 2. The smallest absolute Gasteiger partial charge is 0.267 e. The van der Waals surface area contributed by atoms with Gasteiger partial charge >= 0.3 is 0 Å². The van der Waals surface area contributed by atoms with Gasteiger partial charge in [-0.1, -0.05) is 0 Å². The summed E-state index contributed by atoms with van der Waals surface area (Å²) >= 11 is 0. The van der Waals surface area contributed by atoms with Crippen LogP contribution in [-0.4, -0.2) is 27.9 Å². The Labute approximate surface area is 86.9 Å². The Balaban J connectivity index is 2.51. The van der Waals surface area contributed by atoms with Gasteiger partial charge in [-0.3, -0.25) is 9.80 Å². The number of aromatic nitrogens is 2. The summed E-state index contributed by atoms with van der Waals surface area (Å²) in [5.74, 6) is 5.99. The van der Waals surface area contributed by atoms with Gasteiger partial charge in [0.2, 0.25) is 0 Å². The third-order valence-corrected chi connectivity index (χ3v) is 2.17. The molecule has 1 heterocycles. The van der Waals surface area contributed by atoms with E-state index in [0.717, 1.165) is 21.9 Å². The first-order chi connectivity index (χ1) is 7.08. The first-order valence-electron chi connectivity index (χ1n) is 4.57. The molecule has 15 heavy (non-hydrogen) atoms. The molecule has 1 aromatic carbocycles. The van der Waals surface area contributed by atoms with Crippen molar-refractivity contribution in [2.75, 3.05) is 7.05 Å². The molecule has 5 nitrogen and oxygen atoms in total. The number of hydrogen-bond acceptors (Lipinski definition) is 3. The second kappa shape index (κ2) is 3.36. The van der Waals surface area contributed by atoms with Crippen LogP contribution in [0.25, 0.3) is 11.0 Å². The van der Waals surface area contributed by atoms with E-state index in [-0.39, 0.29) is 5.91 Å². The number of aromatic amines is 1. The number of aryl methyl sites for hydroxylation is 1. The molecule has 0 radical (unpaired) electrons. The molecule has 0 bridgehead atoms. The maximum atomic E-state index is 11.6. The van der Waals surface area contributed by atoms with E-state index in [2.05, 4.69) is 9.97 Å². The van der Waals surface area contributed by atoms with Crippen molar-refractivity contribution in [3.8, 4) is 0 Å². The maximum Gasteiger partial charge on any atom is 0.267 e. The van der Waals surface area contributed by atoms with Gasteiger partial charge < -0.3 is 4.98 Å². The molecule has 0 aliphatic carbocycles. The lowest BCUT2D eigenvalue weighted by Gasteiger charge is -2.09. The van der Waals surface area contributed by atoms with Crippen molar-refractivity contribution in [3.05, 3.63) is 29.6 Å². The molecule has 0 fully saturated rings. The zero-order valence-electron chi connectivity index (χ0n) is 8.61. The predicted molar refractivity (Wildman–Crippen MR) is 57.1 cm³/mol. The molecular weight excluding hydrogens is 192 g/mol. The van der Waals surface area contributed by atoms with Crippen molar-refractivity contribution >= 4 is 16.9 Å². The van der Waals surface area contributed by atoms with Crippen molar-refractivity contribution in [2.24, 2.45) is 5.84 Å². The second-order valence-corrected chi connectivity index (χ2v) is 3.47. The van der Waals surface area contributed by atoms with E-state index in [9.17, 15) is 4.79 Å². The molecule has 5 heteroatoms. The second-order valence-electron chi connectivity index (χ2n) is 3.47. The van der Waals surface area contributed by atoms with E-state index in [0.29, 0.717) is 5.56 Å². The predicted octanol–water partition coefficient (Wildman–Crippen LogP) is 0.817. The highest BCUT2D eigenvalue weighted by molar-refractivity contribution is 5.96. The fourth-order valence-electron chi connectivity index (χ4n) is 1.47. The van der Waals surface area contributed by atoms with Gasteiger partial charge in [0.05, 0.1) is 11.0 Å². The third-order valence-electron chi connectivity index (χ3n) is 2.17. The van der Waals surface area contributed by atoms with Crippen LogP contribution in [0.3, 0.4) is 0 Å². The number of hydrazine groups is 1. The molecule has 0 atom stereocenters. The van der Waals surface area contributed by atoms with Crippen molar-refractivity contribution in [1.82, 2.24) is 15.0 Å². The summed E-state index contributed by atoms with van der Waals surface area (Å²) in [5.41, 5.74) is 2.25. The number of H-pyrrole nitrogens is 1. The molecule has 2 aromatic rings. The molecule has 1 aromatic heterocycles. The van der Waals surface area contributed by atoms with Crippen molar-refractivity contribution in [3.63, 3.8) is 0 Å². The first-order valence-corrected chi connectivity index (χ1v) is 4.57. The van der Waals surface area contributed by atoms with Gasteiger partial charge in [-0.2, -0.15) is 0 Å². The fourth-order valence-corrected chi connectivity index (χ4v) is 1.47. The van der Waals surface area contributed by atoms with Crippen molar-refractivity contribution < 1.29 is 4.79 Å². The largest absolute Gasteiger partial charge is 0.342 e. The average Bonchev–Trinajstić information content (AvgIpc) is 2.55. The molecular formula is C10H12N4O. The minimum atomic E-state index is -0.218. The molecule has 78 valence electrons. The summed E-state index contributed by atoms with van der Waals surface area (Å²) in [6, 6.07) is 5.27. The summed E-state index contributed by atoms with van der Waals surface area (Å²) in [5, 5.41) is 1.06. The van der Waals surface area contributed by atoms with E-state index in [1.165, 1.54) is 7.05 Å². The molecule has 0 unspecified atom stereocenters. The van der Waals surface area contributed by atoms with Crippen LogP contribution >= 0.6 is 0 Å². The highest BCUT2D eigenvalue weighted by Crippen LogP contribution is 2.14. The molecule has 0 aliphatic heterocycles. The summed E-state index contributed by atoms with van der Waals surface area (Å²) < 4.78 is 0. The number of carbonyl (C=O) groups is 1. The van der Waals surface area contributed by atoms with Gasteiger partial charge in [-0.15, -0.1) is 0 Å². The zero-order chi connectivity index (χ0) is 11.0. The Morgan fingerprint density at radius 1 is 1.53 bits per heavy atom. The molecule has 2 rings (SSSR count). The molecule has 3 N–H and O–H groups in total. The fraction of sp³-hybridized carbons (Fsp3) is 0.200. The van der Waals surface area contributed by atoms with Crippen LogP contribution in [-0.2, 0) is 0 Å². The van der Waals surface area contributed by atoms with E-state index < -0.39 is 0 Å². The Kier molecular flexibility index (Phi) is 2.17. The number of nitrogens with one attached hydrogen (secondary N) is 1. The normalized spacial score (nSPS) is 10.6. The number of nitrogens with two attached hydrogens (primary N) is 1. The van der Waals surface area contributed by atoms with Gasteiger partial charge in [0.15, 0.2) is 0 Å². The number of amides is 1.